The number of carboxylic acids is 1. The number of nitrogen functional groups attached to an aromatic ring is 1. The molecule has 2 unspecified atom stereocenters. The molecular formula is C34H38ClF3N6O5. The van der Waals surface area contributed by atoms with Crippen LogP contribution in [0.25, 0.3) is 11.1 Å². The van der Waals surface area contributed by atoms with Crippen LogP contribution in [0.15, 0.2) is 48.5 Å². The van der Waals surface area contributed by atoms with Gasteiger partial charge in [-0.15, -0.1) is 0 Å². The van der Waals surface area contributed by atoms with E-state index in [-0.39, 0.29) is 45.3 Å². The fraction of sp³-hybridized carbons (Fsp3) is 0.471. The minimum atomic E-state index is -4.88. The summed E-state index contributed by atoms with van der Waals surface area (Å²) in [6.45, 7) is 4.68. The number of ether oxygens (including phenoxy) is 2. The standard InChI is InChI=1S/C34H38ClF3N6O5/c1-2-26-33(19-25(40-26)31(46)47)8-10-43(11-9-33)27-18-28(42-32(39)41-27)49-29(34(36,37)38)23-7-6-22(35)17-24(23)20-4-3-5-21(16-20)30(45)44-12-14-48-15-13-44/h3-7,16-18,25-26,29,40H,2,8-15,19H2,1H3,(H,46,47)(H2,39,41,42)/t25?,26?,29-/m1/s1. The first-order valence-electron chi connectivity index (χ1n) is 16.3. The van der Waals surface area contributed by atoms with Gasteiger partial charge in [0, 0.05) is 54.4 Å². The first-order chi connectivity index (χ1) is 23.4. The maximum absolute atomic E-state index is 14.9. The highest BCUT2D eigenvalue weighted by molar-refractivity contribution is 6.30. The lowest BCUT2D eigenvalue weighted by molar-refractivity contribution is -0.198. The summed E-state index contributed by atoms with van der Waals surface area (Å²) in [5.41, 5.74) is 6.40. The molecule has 3 aromatic rings. The molecule has 4 N–H and O–H groups in total. The lowest BCUT2D eigenvalue weighted by atomic mass is 9.71. The van der Waals surface area contributed by atoms with Crippen molar-refractivity contribution in [2.75, 3.05) is 50.0 Å². The highest BCUT2D eigenvalue weighted by Crippen LogP contribution is 2.46. The number of rotatable bonds is 8. The van der Waals surface area contributed by atoms with Crippen molar-refractivity contribution >= 4 is 35.2 Å². The third kappa shape index (κ3) is 7.41. The number of carbonyl (C=O) groups is 2. The van der Waals surface area contributed by atoms with E-state index < -0.39 is 24.3 Å². The topological polar surface area (TPSA) is 143 Å². The van der Waals surface area contributed by atoms with Gasteiger partial charge in [0.15, 0.2) is 0 Å². The molecule has 3 atom stereocenters. The van der Waals surface area contributed by atoms with Gasteiger partial charge in [-0.05, 0) is 66.5 Å². The van der Waals surface area contributed by atoms with Gasteiger partial charge >= 0.3 is 12.1 Å². The van der Waals surface area contributed by atoms with Crippen molar-refractivity contribution < 1.29 is 37.3 Å². The molecule has 1 spiro atoms. The van der Waals surface area contributed by atoms with Crippen molar-refractivity contribution in [2.45, 2.75) is 57.0 Å². The van der Waals surface area contributed by atoms with Crippen LogP contribution in [0.2, 0.25) is 5.02 Å². The molecule has 11 nitrogen and oxygen atoms in total. The second-order valence-corrected chi connectivity index (χ2v) is 13.2. The smallest absolute Gasteiger partial charge is 0.429 e. The van der Waals surface area contributed by atoms with Crippen molar-refractivity contribution in [3.8, 4) is 17.0 Å². The Labute approximate surface area is 286 Å². The number of nitrogens with one attached hydrogen (secondary N) is 1. The Hall–Kier alpha value is -4.14. The average Bonchev–Trinajstić information content (AvgIpc) is 3.45. The molecule has 3 aliphatic heterocycles. The molecule has 3 aliphatic rings. The number of nitrogens with two attached hydrogens (primary N) is 1. The lowest BCUT2D eigenvalue weighted by Gasteiger charge is -2.43. The molecule has 6 rings (SSSR count). The van der Waals surface area contributed by atoms with E-state index in [1.54, 1.807) is 29.2 Å². The number of carbonyl (C=O) groups excluding carboxylic acids is 1. The van der Waals surface area contributed by atoms with Gasteiger partial charge < -0.3 is 35.4 Å². The molecule has 0 radical (unpaired) electrons. The van der Waals surface area contributed by atoms with Crippen LogP contribution in [-0.2, 0) is 9.53 Å². The fourth-order valence-corrected chi connectivity index (χ4v) is 7.50. The quantitative estimate of drug-likeness (QED) is 0.281. The minimum absolute atomic E-state index is 0.0458. The predicted molar refractivity (Wildman–Crippen MR) is 177 cm³/mol. The van der Waals surface area contributed by atoms with E-state index in [0.717, 1.165) is 6.42 Å². The first-order valence-corrected chi connectivity index (χ1v) is 16.6. The Kier molecular flexibility index (Phi) is 9.92. The number of benzene rings is 2. The minimum Gasteiger partial charge on any atom is -0.480 e. The zero-order valence-corrected chi connectivity index (χ0v) is 27.6. The summed E-state index contributed by atoms with van der Waals surface area (Å²) >= 11 is 6.30. The van der Waals surface area contributed by atoms with Gasteiger partial charge in [0.2, 0.25) is 17.9 Å². The number of anilines is 2. The number of aromatic nitrogens is 2. The van der Waals surface area contributed by atoms with Gasteiger partial charge in [0.25, 0.3) is 5.91 Å². The molecule has 262 valence electrons. The molecule has 0 bridgehead atoms. The van der Waals surface area contributed by atoms with Crippen LogP contribution in [0.1, 0.15) is 54.6 Å². The molecule has 15 heteroatoms. The van der Waals surface area contributed by atoms with Crippen molar-refractivity contribution in [1.82, 2.24) is 20.2 Å². The normalized spacial score (nSPS) is 21.5. The fourth-order valence-electron chi connectivity index (χ4n) is 7.33. The first kappa shape index (κ1) is 34.7. The zero-order valence-electron chi connectivity index (χ0n) is 26.9. The molecule has 2 aromatic carbocycles. The number of halogens is 4. The van der Waals surface area contributed by atoms with E-state index in [0.29, 0.717) is 75.6 Å². The second-order valence-electron chi connectivity index (χ2n) is 12.8. The third-order valence-corrected chi connectivity index (χ3v) is 10.0. The Morgan fingerprint density at radius 2 is 1.86 bits per heavy atom. The molecule has 49 heavy (non-hydrogen) atoms. The largest absolute Gasteiger partial charge is 0.480 e. The number of hydrogen-bond donors (Lipinski definition) is 3. The van der Waals surface area contributed by atoms with Crippen LogP contribution in [0.3, 0.4) is 0 Å². The van der Waals surface area contributed by atoms with E-state index in [2.05, 4.69) is 15.3 Å². The summed E-state index contributed by atoms with van der Waals surface area (Å²) in [5, 5.41) is 13.1. The van der Waals surface area contributed by atoms with Crippen LogP contribution in [0, 0.1) is 5.41 Å². The monoisotopic (exact) mass is 702 g/mol. The highest BCUT2D eigenvalue weighted by atomic mass is 35.5. The number of amides is 1. The summed E-state index contributed by atoms with van der Waals surface area (Å²) in [4.78, 5) is 36.7. The SMILES string of the molecule is CCC1NC(C(=O)O)CC12CCN(c1cc(O[C@H](c3ccc(Cl)cc3-c3cccc(C(=O)N4CCOCC4)c3)C(F)(F)F)nc(N)n1)CC2. The summed E-state index contributed by atoms with van der Waals surface area (Å²) < 4.78 is 55.5. The zero-order chi connectivity index (χ0) is 34.9. The van der Waals surface area contributed by atoms with Crippen LogP contribution in [0.4, 0.5) is 24.9 Å². The highest BCUT2D eigenvalue weighted by Gasteiger charge is 2.50. The third-order valence-electron chi connectivity index (χ3n) is 9.80. The number of aliphatic carboxylic acids is 1. The summed E-state index contributed by atoms with van der Waals surface area (Å²) in [7, 11) is 0. The number of nitrogens with zero attached hydrogens (tertiary/aromatic N) is 4. The average molecular weight is 703 g/mol. The van der Waals surface area contributed by atoms with Gasteiger partial charge in [0.05, 0.1) is 13.2 Å². The van der Waals surface area contributed by atoms with E-state index >= 15 is 0 Å². The Morgan fingerprint density at radius 1 is 1.12 bits per heavy atom. The van der Waals surface area contributed by atoms with Gasteiger partial charge in [-0.25, -0.2) is 0 Å². The van der Waals surface area contributed by atoms with E-state index in [9.17, 15) is 27.9 Å². The van der Waals surface area contributed by atoms with Gasteiger partial charge in [-0.3, -0.25) is 9.59 Å². The Bertz CT molecular complexity index is 1700. The number of carboxylic acid groups (broad SMARTS) is 1. The summed E-state index contributed by atoms with van der Waals surface area (Å²) in [6.07, 6.45) is -4.71. The van der Waals surface area contributed by atoms with Crippen molar-refractivity contribution in [2.24, 2.45) is 5.41 Å². The summed E-state index contributed by atoms with van der Waals surface area (Å²) in [5.74, 6) is -1.42. The maximum atomic E-state index is 14.9. The molecule has 0 aliphatic carbocycles. The van der Waals surface area contributed by atoms with E-state index in [1.807, 2.05) is 11.8 Å². The molecular weight excluding hydrogens is 665 g/mol. The second kappa shape index (κ2) is 14.0. The van der Waals surface area contributed by atoms with Crippen LogP contribution in [-0.4, -0.2) is 89.5 Å². The molecule has 1 aromatic heterocycles. The number of piperidine rings is 1. The van der Waals surface area contributed by atoms with E-state index in [1.165, 1.54) is 24.3 Å². The Morgan fingerprint density at radius 3 is 2.53 bits per heavy atom. The van der Waals surface area contributed by atoms with Crippen molar-refractivity contribution in [3.63, 3.8) is 0 Å². The van der Waals surface area contributed by atoms with Crippen molar-refractivity contribution in [1.29, 1.82) is 0 Å². The van der Waals surface area contributed by atoms with Crippen LogP contribution < -0.4 is 20.7 Å². The predicted octanol–water partition coefficient (Wildman–Crippen LogP) is 5.35. The number of alkyl halides is 3. The number of morpholine rings is 1. The van der Waals surface area contributed by atoms with Crippen LogP contribution >= 0.6 is 11.6 Å². The molecule has 4 heterocycles. The molecule has 0 saturated carbocycles. The Balaban J connectivity index is 1.27. The maximum Gasteiger partial charge on any atom is 0.429 e. The summed E-state index contributed by atoms with van der Waals surface area (Å²) in [6, 6.07) is 11.2. The number of hydrogen-bond acceptors (Lipinski definition) is 9. The van der Waals surface area contributed by atoms with Gasteiger partial charge in [-0.1, -0.05) is 36.7 Å². The van der Waals surface area contributed by atoms with Crippen molar-refractivity contribution in [3.05, 3.63) is 64.7 Å². The van der Waals surface area contributed by atoms with Crippen LogP contribution in [0.5, 0.6) is 5.88 Å². The van der Waals surface area contributed by atoms with Gasteiger partial charge in [-0.2, -0.15) is 23.1 Å². The molecule has 3 fully saturated rings. The van der Waals surface area contributed by atoms with E-state index in [4.69, 9.17) is 26.8 Å². The molecule has 1 amide bonds. The molecule has 3 saturated heterocycles. The lowest BCUT2D eigenvalue weighted by Crippen LogP contribution is -2.46. The van der Waals surface area contributed by atoms with Gasteiger partial charge in [0.1, 0.15) is 11.9 Å².